The van der Waals surface area contributed by atoms with E-state index in [1.165, 1.54) is 0 Å². The fraction of sp³-hybridized carbons (Fsp3) is 0.278. The molecule has 0 radical (unpaired) electrons. The standard InChI is InChI=1S/C18H20N6OS.HI/c1-2-14-4-3-5-15(12-14)22-16(25)13-21-17(19)23-7-9-24(10-8-23)18-20-6-11-26-18;/h1,3-6,11-12H,7-10,13H2,(H2,19,21)(H,22,25);1H. The number of aromatic nitrogens is 1. The van der Waals surface area contributed by atoms with Crippen LogP contribution in [-0.2, 0) is 4.79 Å². The summed E-state index contributed by atoms with van der Waals surface area (Å²) >= 11 is 1.63. The molecule has 1 aliphatic heterocycles. The van der Waals surface area contributed by atoms with Gasteiger partial charge in [-0.2, -0.15) is 0 Å². The van der Waals surface area contributed by atoms with Crippen molar-refractivity contribution in [1.29, 1.82) is 0 Å². The van der Waals surface area contributed by atoms with Crippen LogP contribution in [0.1, 0.15) is 5.56 Å². The zero-order valence-corrected chi connectivity index (χ0v) is 17.8. The van der Waals surface area contributed by atoms with Crippen LogP contribution in [0, 0.1) is 12.3 Å². The molecule has 0 atom stereocenters. The van der Waals surface area contributed by atoms with E-state index in [0.717, 1.165) is 31.3 Å². The molecule has 142 valence electrons. The van der Waals surface area contributed by atoms with Gasteiger partial charge in [-0.3, -0.25) is 4.79 Å². The molecule has 3 rings (SSSR count). The van der Waals surface area contributed by atoms with Crippen LogP contribution in [0.4, 0.5) is 10.8 Å². The Hall–Kier alpha value is -2.32. The first-order valence-electron chi connectivity index (χ1n) is 8.21. The van der Waals surface area contributed by atoms with Crippen molar-refractivity contribution in [3.8, 4) is 12.3 Å². The lowest BCUT2D eigenvalue weighted by Crippen LogP contribution is -2.51. The first kappa shape index (κ1) is 21.0. The Kier molecular flexibility index (Phi) is 7.87. The molecule has 1 aromatic heterocycles. The third-order valence-electron chi connectivity index (χ3n) is 3.99. The molecule has 0 aliphatic carbocycles. The van der Waals surface area contributed by atoms with Crippen molar-refractivity contribution in [2.24, 2.45) is 10.7 Å². The number of aliphatic imine (C=N–C) groups is 1. The maximum atomic E-state index is 12.0. The van der Waals surface area contributed by atoms with Crippen molar-refractivity contribution in [2.45, 2.75) is 0 Å². The van der Waals surface area contributed by atoms with Crippen molar-refractivity contribution in [3.63, 3.8) is 0 Å². The molecule has 0 spiro atoms. The lowest BCUT2D eigenvalue weighted by atomic mass is 10.2. The Bertz CT molecular complexity index is 825. The van der Waals surface area contributed by atoms with Crippen molar-refractivity contribution in [3.05, 3.63) is 41.4 Å². The van der Waals surface area contributed by atoms with E-state index >= 15 is 0 Å². The van der Waals surface area contributed by atoms with Gasteiger partial charge < -0.3 is 20.9 Å². The number of nitrogens with one attached hydrogen (secondary N) is 1. The summed E-state index contributed by atoms with van der Waals surface area (Å²) in [6, 6.07) is 7.12. The van der Waals surface area contributed by atoms with Crippen LogP contribution in [0.15, 0.2) is 40.8 Å². The minimum atomic E-state index is -0.233. The number of carbonyl (C=O) groups is 1. The van der Waals surface area contributed by atoms with Crippen LogP contribution in [0.3, 0.4) is 0 Å². The largest absolute Gasteiger partial charge is 0.370 e. The third kappa shape index (κ3) is 5.83. The molecule has 3 N–H and O–H groups in total. The van der Waals surface area contributed by atoms with Gasteiger partial charge in [0.25, 0.3) is 0 Å². The minimum absolute atomic E-state index is 0. The second-order valence-electron chi connectivity index (χ2n) is 5.74. The highest BCUT2D eigenvalue weighted by Crippen LogP contribution is 2.18. The lowest BCUT2D eigenvalue weighted by molar-refractivity contribution is -0.114. The molecule has 1 amide bonds. The normalized spacial score (nSPS) is 14.3. The Balaban J connectivity index is 0.00000261. The molecule has 2 heterocycles. The first-order chi connectivity index (χ1) is 12.7. The van der Waals surface area contributed by atoms with Gasteiger partial charge in [-0.05, 0) is 18.2 Å². The number of anilines is 2. The van der Waals surface area contributed by atoms with E-state index in [-0.39, 0.29) is 36.4 Å². The number of nitrogens with two attached hydrogens (primary N) is 1. The fourth-order valence-corrected chi connectivity index (χ4v) is 3.34. The second-order valence-corrected chi connectivity index (χ2v) is 6.61. The van der Waals surface area contributed by atoms with Gasteiger partial charge in [-0.1, -0.05) is 12.0 Å². The Morgan fingerprint density at radius 3 is 2.81 bits per heavy atom. The van der Waals surface area contributed by atoms with Crippen LogP contribution < -0.4 is 16.0 Å². The number of benzene rings is 1. The monoisotopic (exact) mass is 496 g/mol. The molecule has 27 heavy (non-hydrogen) atoms. The highest BCUT2D eigenvalue weighted by Gasteiger charge is 2.19. The lowest BCUT2D eigenvalue weighted by Gasteiger charge is -2.35. The smallest absolute Gasteiger partial charge is 0.246 e. The van der Waals surface area contributed by atoms with Crippen molar-refractivity contribution < 1.29 is 4.79 Å². The van der Waals surface area contributed by atoms with Crippen LogP contribution in [0.5, 0.6) is 0 Å². The van der Waals surface area contributed by atoms with Gasteiger partial charge in [-0.15, -0.1) is 41.7 Å². The summed E-state index contributed by atoms with van der Waals surface area (Å²) < 4.78 is 0. The molecule has 2 aromatic rings. The van der Waals surface area contributed by atoms with Gasteiger partial charge in [-0.25, -0.2) is 9.98 Å². The number of thiazole rings is 1. The summed E-state index contributed by atoms with van der Waals surface area (Å²) in [5.74, 6) is 2.69. The van der Waals surface area contributed by atoms with Gasteiger partial charge in [0.1, 0.15) is 6.54 Å². The summed E-state index contributed by atoms with van der Waals surface area (Å²) in [5.41, 5.74) is 7.40. The van der Waals surface area contributed by atoms with E-state index < -0.39 is 0 Å². The van der Waals surface area contributed by atoms with Crippen molar-refractivity contribution in [1.82, 2.24) is 9.88 Å². The average Bonchev–Trinajstić information content (AvgIpc) is 3.21. The first-order valence-corrected chi connectivity index (χ1v) is 9.09. The second kappa shape index (κ2) is 10.1. The number of halogens is 1. The maximum absolute atomic E-state index is 12.0. The molecule has 7 nitrogen and oxygen atoms in total. The fourth-order valence-electron chi connectivity index (χ4n) is 2.64. The minimum Gasteiger partial charge on any atom is -0.370 e. The van der Waals surface area contributed by atoms with Crippen molar-refractivity contribution >= 4 is 58.0 Å². The van der Waals surface area contributed by atoms with E-state index in [1.54, 1.807) is 41.8 Å². The predicted octanol–water partition coefficient (Wildman–Crippen LogP) is 1.82. The summed E-state index contributed by atoms with van der Waals surface area (Å²) in [6.07, 6.45) is 7.16. The Morgan fingerprint density at radius 1 is 1.37 bits per heavy atom. The van der Waals surface area contributed by atoms with E-state index in [0.29, 0.717) is 17.2 Å². The SMILES string of the molecule is C#Cc1cccc(NC(=O)CN=C(N)N2CCN(c3nccs3)CC2)c1.I. The molecule has 0 unspecified atom stereocenters. The number of carbonyl (C=O) groups excluding carboxylic acids is 1. The quantitative estimate of drug-likeness (QED) is 0.292. The summed E-state index contributed by atoms with van der Waals surface area (Å²) in [6.45, 7) is 3.13. The number of piperazine rings is 1. The predicted molar refractivity (Wildman–Crippen MR) is 121 cm³/mol. The van der Waals surface area contributed by atoms with Gasteiger partial charge in [0.2, 0.25) is 5.91 Å². The zero-order valence-electron chi connectivity index (χ0n) is 14.7. The van der Waals surface area contributed by atoms with E-state index in [2.05, 4.69) is 26.1 Å². The Morgan fingerprint density at radius 2 is 2.15 bits per heavy atom. The molecule has 0 bridgehead atoms. The number of terminal acetylenes is 1. The molecule has 1 fully saturated rings. The molecule has 9 heteroatoms. The van der Waals surface area contributed by atoms with Gasteiger partial charge >= 0.3 is 0 Å². The van der Waals surface area contributed by atoms with Crippen LogP contribution in [-0.4, -0.2) is 54.5 Å². The number of guanidine groups is 1. The highest BCUT2D eigenvalue weighted by molar-refractivity contribution is 14.0. The average molecular weight is 496 g/mol. The number of nitrogens with zero attached hydrogens (tertiary/aromatic N) is 4. The molecule has 1 aromatic carbocycles. The van der Waals surface area contributed by atoms with E-state index in [9.17, 15) is 4.79 Å². The molecular weight excluding hydrogens is 475 g/mol. The summed E-state index contributed by atoms with van der Waals surface area (Å²) in [5, 5.41) is 5.76. The topological polar surface area (TPSA) is 86.8 Å². The number of rotatable bonds is 4. The zero-order chi connectivity index (χ0) is 18.4. The van der Waals surface area contributed by atoms with Crippen LogP contribution in [0.25, 0.3) is 0 Å². The summed E-state index contributed by atoms with van der Waals surface area (Å²) in [4.78, 5) is 24.8. The van der Waals surface area contributed by atoms with Crippen LogP contribution in [0.2, 0.25) is 0 Å². The molecule has 1 aliphatic rings. The van der Waals surface area contributed by atoms with Crippen molar-refractivity contribution in [2.75, 3.05) is 42.9 Å². The van der Waals surface area contributed by atoms with Gasteiger partial charge in [0.15, 0.2) is 11.1 Å². The molecule has 1 saturated heterocycles. The number of amides is 1. The van der Waals surface area contributed by atoms with Gasteiger partial charge in [0, 0.05) is 49.0 Å². The molecular formula is C18H21IN6OS. The summed E-state index contributed by atoms with van der Waals surface area (Å²) in [7, 11) is 0. The van der Waals surface area contributed by atoms with E-state index in [4.69, 9.17) is 12.2 Å². The van der Waals surface area contributed by atoms with Gasteiger partial charge in [0.05, 0.1) is 0 Å². The maximum Gasteiger partial charge on any atom is 0.246 e. The third-order valence-corrected chi connectivity index (χ3v) is 4.82. The number of hydrogen-bond donors (Lipinski definition) is 2. The number of hydrogen-bond acceptors (Lipinski definition) is 5. The molecule has 0 saturated carbocycles. The highest BCUT2D eigenvalue weighted by atomic mass is 127. The van der Waals surface area contributed by atoms with E-state index in [1.807, 2.05) is 10.3 Å². The Labute approximate surface area is 179 Å². The van der Waals surface area contributed by atoms with Crippen LogP contribution >= 0.6 is 35.3 Å².